The Morgan fingerprint density at radius 2 is 0.661 bits per heavy atom. The van der Waals surface area contributed by atoms with E-state index in [4.69, 9.17) is 8.83 Å². The van der Waals surface area contributed by atoms with Gasteiger partial charge in [0.1, 0.15) is 22.3 Å². The van der Waals surface area contributed by atoms with Gasteiger partial charge in [0.2, 0.25) is 0 Å². The van der Waals surface area contributed by atoms with Gasteiger partial charge in [0.25, 0.3) is 0 Å². The van der Waals surface area contributed by atoms with Gasteiger partial charge in [-0.05, 0) is 102 Å². The molecule has 2 nitrogen and oxygen atoms in total. The summed E-state index contributed by atoms with van der Waals surface area (Å²) in [4.78, 5) is 0. The van der Waals surface area contributed by atoms with Crippen molar-refractivity contribution in [1.82, 2.24) is 0 Å². The van der Waals surface area contributed by atoms with Crippen molar-refractivity contribution in [3.63, 3.8) is 0 Å². The van der Waals surface area contributed by atoms with E-state index in [0.717, 1.165) is 60.6 Å². The van der Waals surface area contributed by atoms with Crippen LogP contribution in [0.1, 0.15) is 0 Å². The normalized spacial score (nSPS) is 11.9. The van der Waals surface area contributed by atoms with Crippen molar-refractivity contribution < 1.29 is 8.83 Å². The Morgan fingerprint density at radius 3 is 1.25 bits per heavy atom. The van der Waals surface area contributed by atoms with Gasteiger partial charge in [-0.25, -0.2) is 0 Å². The second-order valence-corrected chi connectivity index (χ2v) is 14.8. The van der Waals surface area contributed by atoms with Gasteiger partial charge in [0.15, 0.2) is 0 Å². The van der Waals surface area contributed by atoms with Gasteiger partial charge in [-0.3, -0.25) is 0 Å². The van der Waals surface area contributed by atoms with Gasteiger partial charge in [0.05, 0.1) is 5.56 Å². The van der Waals surface area contributed by atoms with Crippen molar-refractivity contribution in [1.29, 1.82) is 0 Å². The second-order valence-electron chi connectivity index (χ2n) is 14.8. The number of hydrogen-bond acceptors (Lipinski definition) is 2. The van der Waals surface area contributed by atoms with E-state index in [1.54, 1.807) is 0 Å². The largest absolute Gasteiger partial charge is 0.455 e. The van der Waals surface area contributed by atoms with Crippen LogP contribution in [0, 0.1) is 0 Å². The van der Waals surface area contributed by atoms with Crippen LogP contribution < -0.4 is 0 Å². The summed E-state index contributed by atoms with van der Waals surface area (Å²) in [5.41, 5.74) is 12.7. The molecule has 260 valence electrons. The first-order chi connectivity index (χ1) is 27.8. The maximum absolute atomic E-state index is 6.62. The number of para-hydroxylation sites is 2. The molecule has 0 saturated heterocycles. The molecule has 0 spiro atoms. The van der Waals surface area contributed by atoms with Crippen molar-refractivity contribution >= 4 is 76.2 Å². The maximum atomic E-state index is 6.62. The zero-order chi connectivity index (χ0) is 36.7. The first-order valence-electron chi connectivity index (χ1n) is 19.2. The molecule has 2 heterocycles. The third-order valence-corrected chi connectivity index (χ3v) is 11.6. The van der Waals surface area contributed by atoms with Crippen LogP contribution in [0.15, 0.2) is 203 Å². The van der Waals surface area contributed by atoms with Crippen LogP contribution in [0.5, 0.6) is 0 Å². The molecule has 0 unspecified atom stereocenters. The highest BCUT2D eigenvalue weighted by atomic mass is 16.3. The topological polar surface area (TPSA) is 26.3 Å². The van der Waals surface area contributed by atoms with Crippen LogP contribution in [0.3, 0.4) is 0 Å². The van der Waals surface area contributed by atoms with Crippen LogP contribution in [-0.4, -0.2) is 0 Å². The smallest absolute Gasteiger partial charge is 0.147 e. The molecule has 0 bridgehead atoms. The summed E-state index contributed by atoms with van der Waals surface area (Å²) < 4.78 is 13.2. The SMILES string of the molecule is c1cc(-c2ccc3ccccc3c2)cc(-c2c3ccccc3c(-c3ccc(-c4c5oc6ccccc6c5cc5c4oc4ccccc45)cc3)c3ccccc23)c1. The number of rotatable bonds is 4. The maximum Gasteiger partial charge on any atom is 0.147 e. The molecule has 0 N–H and O–H groups in total. The minimum Gasteiger partial charge on any atom is -0.455 e. The molecule has 0 aliphatic carbocycles. The molecule has 0 atom stereocenters. The van der Waals surface area contributed by atoms with Crippen molar-refractivity contribution in [3.05, 3.63) is 194 Å². The van der Waals surface area contributed by atoms with Gasteiger partial charge in [0, 0.05) is 21.5 Å². The lowest BCUT2D eigenvalue weighted by Gasteiger charge is -2.18. The lowest BCUT2D eigenvalue weighted by Crippen LogP contribution is -1.91. The predicted octanol–water partition coefficient (Wildman–Crippen LogP) is 15.6. The molecular weight excluding hydrogens is 681 g/mol. The molecule has 0 aliphatic rings. The monoisotopic (exact) mass is 712 g/mol. The third-order valence-electron chi connectivity index (χ3n) is 11.6. The van der Waals surface area contributed by atoms with E-state index in [-0.39, 0.29) is 0 Å². The highest BCUT2D eigenvalue weighted by Gasteiger charge is 2.22. The van der Waals surface area contributed by atoms with E-state index in [2.05, 4.69) is 170 Å². The van der Waals surface area contributed by atoms with Crippen molar-refractivity contribution in [2.75, 3.05) is 0 Å². The Labute approximate surface area is 322 Å². The van der Waals surface area contributed by atoms with Crippen LogP contribution >= 0.6 is 0 Å². The highest BCUT2D eigenvalue weighted by Crippen LogP contribution is 2.47. The second kappa shape index (κ2) is 12.0. The van der Waals surface area contributed by atoms with Crippen LogP contribution in [0.4, 0.5) is 0 Å². The fourth-order valence-electron chi connectivity index (χ4n) is 9.08. The summed E-state index contributed by atoms with van der Waals surface area (Å²) in [5, 5.41) is 11.8. The predicted molar refractivity (Wildman–Crippen MR) is 235 cm³/mol. The number of furan rings is 2. The van der Waals surface area contributed by atoms with E-state index in [1.807, 2.05) is 24.3 Å². The quantitative estimate of drug-likeness (QED) is 0.170. The molecular formula is C54H32O2. The molecule has 0 saturated carbocycles. The van der Waals surface area contributed by atoms with Crippen LogP contribution in [0.2, 0.25) is 0 Å². The molecule has 0 fully saturated rings. The number of hydrogen-bond donors (Lipinski definition) is 0. The van der Waals surface area contributed by atoms with E-state index in [9.17, 15) is 0 Å². The van der Waals surface area contributed by atoms with Gasteiger partial charge in [-0.1, -0.05) is 164 Å². The fourth-order valence-corrected chi connectivity index (χ4v) is 9.08. The molecule has 10 aromatic carbocycles. The average Bonchev–Trinajstić information content (AvgIpc) is 3.83. The van der Waals surface area contributed by atoms with Crippen molar-refractivity contribution in [2.24, 2.45) is 0 Å². The summed E-state index contributed by atoms with van der Waals surface area (Å²) in [6.07, 6.45) is 0. The zero-order valence-electron chi connectivity index (χ0n) is 30.3. The molecule has 12 aromatic rings. The molecule has 2 aromatic heterocycles. The molecule has 12 rings (SSSR count). The van der Waals surface area contributed by atoms with Gasteiger partial charge in [-0.15, -0.1) is 0 Å². The van der Waals surface area contributed by atoms with E-state index >= 15 is 0 Å². The van der Waals surface area contributed by atoms with Crippen LogP contribution in [0.25, 0.3) is 121 Å². The van der Waals surface area contributed by atoms with Crippen molar-refractivity contribution in [3.8, 4) is 44.5 Å². The Hall–Kier alpha value is -7.42. The van der Waals surface area contributed by atoms with Gasteiger partial charge < -0.3 is 8.83 Å². The molecule has 2 heteroatoms. The summed E-state index contributed by atoms with van der Waals surface area (Å²) in [5.74, 6) is 0. The average molecular weight is 713 g/mol. The number of benzene rings is 10. The van der Waals surface area contributed by atoms with E-state index in [0.29, 0.717) is 0 Å². The summed E-state index contributed by atoms with van der Waals surface area (Å²) in [6.45, 7) is 0. The first kappa shape index (κ1) is 31.0. The van der Waals surface area contributed by atoms with Gasteiger partial charge in [-0.2, -0.15) is 0 Å². The minimum absolute atomic E-state index is 0.844. The minimum atomic E-state index is 0.844. The summed E-state index contributed by atoms with van der Waals surface area (Å²) in [6, 6.07) is 69.9. The first-order valence-corrected chi connectivity index (χ1v) is 19.2. The Balaban J connectivity index is 1.05. The molecule has 0 amide bonds. The Bertz CT molecular complexity index is 3380. The standard InChI is InChI=1S/C54H32O2/c1-2-13-36-30-38(29-24-33(36)12-1)37-14-11-15-39(31-37)51-44-20-5-3-18-42(44)50(43-19-4-6-21-45(43)51)34-25-27-35(28-26-34)52-53-46(40-16-7-9-22-48(40)55-53)32-47-41-17-8-10-23-49(41)56-54(47)52/h1-32H. The fraction of sp³-hybridized carbons (Fsp3) is 0. The molecule has 56 heavy (non-hydrogen) atoms. The Morgan fingerprint density at radius 1 is 0.232 bits per heavy atom. The zero-order valence-corrected chi connectivity index (χ0v) is 30.3. The molecule has 0 aliphatic heterocycles. The molecule has 0 radical (unpaired) electrons. The number of fused-ring (bicyclic) bond motifs is 9. The van der Waals surface area contributed by atoms with Crippen molar-refractivity contribution in [2.45, 2.75) is 0 Å². The van der Waals surface area contributed by atoms with Crippen LogP contribution in [-0.2, 0) is 0 Å². The third kappa shape index (κ3) is 4.63. The highest BCUT2D eigenvalue weighted by molar-refractivity contribution is 6.23. The lowest BCUT2D eigenvalue weighted by molar-refractivity contribution is 0.658. The summed E-state index contributed by atoms with van der Waals surface area (Å²) >= 11 is 0. The van der Waals surface area contributed by atoms with Gasteiger partial charge >= 0.3 is 0 Å². The summed E-state index contributed by atoms with van der Waals surface area (Å²) in [7, 11) is 0. The Kier molecular flexibility index (Phi) is 6.66. The van der Waals surface area contributed by atoms with E-state index in [1.165, 1.54) is 60.1 Å². The van der Waals surface area contributed by atoms with E-state index < -0.39 is 0 Å². The lowest BCUT2D eigenvalue weighted by atomic mass is 9.85.